The van der Waals surface area contributed by atoms with Crippen LogP contribution < -0.4 is 10.5 Å². The number of carbonyl (C=O) groups is 1. The van der Waals surface area contributed by atoms with Gasteiger partial charge in [0.05, 0.1) is 17.1 Å². The molecule has 0 aliphatic carbocycles. The monoisotopic (exact) mass is 497 g/mol. The van der Waals surface area contributed by atoms with Crippen molar-refractivity contribution in [1.82, 2.24) is 19.4 Å². The molecular weight excluding hydrogens is 466 g/mol. The van der Waals surface area contributed by atoms with E-state index in [-0.39, 0.29) is 12.1 Å². The number of nitrogens with two attached hydrogens (primary N) is 1. The molecule has 0 bridgehead atoms. The van der Waals surface area contributed by atoms with Crippen molar-refractivity contribution in [3.05, 3.63) is 73.2 Å². The maximum Gasteiger partial charge on any atom is 0.410 e. The Hall–Kier alpha value is -4.33. The Morgan fingerprint density at radius 3 is 2.46 bits per heavy atom. The Bertz CT molecular complexity index is 1440. The predicted octanol–water partition coefficient (Wildman–Crippen LogP) is 6.30. The smallest absolute Gasteiger partial charge is 0.410 e. The number of para-hydroxylation sites is 1. The first-order chi connectivity index (χ1) is 17.7. The largest absolute Gasteiger partial charge is 0.457 e. The Morgan fingerprint density at radius 2 is 1.78 bits per heavy atom. The normalized spacial score (nSPS) is 15.6. The van der Waals surface area contributed by atoms with Crippen LogP contribution in [0.3, 0.4) is 0 Å². The van der Waals surface area contributed by atoms with E-state index in [4.69, 9.17) is 15.2 Å². The van der Waals surface area contributed by atoms with Crippen molar-refractivity contribution < 1.29 is 14.3 Å². The average molecular weight is 498 g/mol. The van der Waals surface area contributed by atoms with Crippen molar-refractivity contribution in [1.29, 1.82) is 0 Å². The zero-order valence-electron chi connectivity index (χ0n) is 21.3. The molecule has 4 aromatic rings. The Kier molecular flexibility index (Phi) is 6.33. The minimum absolute atomic E-state index is 0.00763. The maximum atomic E-state index is 12.7. The molecule has 0 saturated carbocycles. The molecule has 0 unspecified atom stereocenters. The molecule has 8 heteroatoms. The summed E-state index contributed by atoms with van der Waals surface area (Å²) in [6.07, 6.45) is 3.75. The van der Waals surface area contributed by atoms with Crippen LogP contribution >= 0.6 is 0 Å². The lowest BCUT2D eigenvalue weighted by molar-refractivity contribution is 0.0289. The second-order valence-electron chi connectivity index (χ2n) is 10.1. The van der Waals surface area contributed by atoms with Gasteiger partial charge in [0.2, 0.25) is 0 Å². The number of ether oxygens (including phenoxy) is 2. The van der Waals surface area contributed by atoms with E-state index in [9.17, 15) is 4.79 Å². The number of hydrogen-bond acceptors (Lipinski definition) is 6. The van der Waals surface area contributed by atoms with Gasteiger partial charge in [0, 0.05) is 18.7 Å². The number of carbonyl (C=O) groups excluding carboxylic acids is 1. The van der Waals surface area contributed by atoms with Gasteiger partial charge >= 0.3 is 6.09 Å². The third-order valence-electron chi connectivity index (χ3n) is 6.35. The van der Waals surface area contributed by atoms with Crippen LogP contribution in [0.2, 0.25) is 0 Å². The summed E-state index contributed by atoms with van der Waals surface area (Å²) in [4.78, 5) is 23.3. The SMILES string of the molecule is C=Cc1c(-c2ccc(Oc3ccccc3)cc2)c2c(N)ncnc2n1[C@@H]1CCN(C(=O)OC(C)(C)C)C1. The number of amides is 1. The molecule has 1 fully saturated rings. The molecule has 2 N–H and O–H groups in total. The number of hydrogen-bond donors (Lipinski definition) is 1. The first-order valence-electron chi connectivity index (χ1n) is 12.3. The first-order valence-corrected chi connectivity index (χ1v) is 12.3. The van der Waals surface area contributed by atoms with Crippen molar-refractivity contribution in [2.24, 2.45) is 0 Å². The summed E-state index contributed by atoms with van der Waals surface area (Å²) >= 11 is 0. The minimum atomic E-state index is -0.549. The van der Waals surface area contributed by atoms with Gasteiger partial charge in [-0.15, -0.1) is 0 Å². The summed E-state index contributed by atoms with van der Waals surface area (Å²) in [6, 6.07) is 17.5. The van der Waals surface area contributed by atoms with Crippen molar-refractivity contribution >= 4 is 29.0 Å². The zero-order valence-corrected chi connectivity index (χ0v) is 21.3. The summed E-state index contributed by atoms with van der Waals surface area (Å²) in [6.45, 7) is 10.8. The molecule has 5 rings (SSSR count). The summed E-state index contributed by atoms with van der Waals surface area (Å²) in [5.41, 5.74) is 9.31. The van der Waals surface area contributed by atoms with Gasteiger partial charge in [-0.25, -0.2) is 14.8 Å². The highest BCUT2D eigenvalue weighted by atomic mass is 16.6. The number of likely N-dealkylation sites (tertiary alicyclic amines) is 1. The van der Waals surface area contributed by atoms with E-state index >= 15 is 0 Å². The van der Waals surface area contributed by atoms with Gasteiger partial charge in [0.1, 0.15) is 34.9 Å². The standard InChI is InChI=1S/C29H31N5O3/c1-5-23-24(19-11-13-22(14-12-19)36-21-9-7-6-8-10-21)25-26(30)31-18-32-27(25)34(23)20-15-16-33(17-20)28(35)37-29(2,3)4/h5-14,18,20H,1,15-17H2,2-4H3,(H2,30,31,32)/t20-/m1/s1. The molecule has 3 heterocycles. The number of nitrogens with zero attached hydrogens (tertiary/aromatic N) is 4. The van der Waals surface area contributed by atoms with Crippen molar-refractivity contribution in [2.75, 3.05) is 18.8 Å². The van der Waals surface area contributed by atoms with Crippen LogP contribution in [0.25, 0.3) is 28.2 Å². The van der Waals surface area contributed by atoms with E-state index < -0.39 is 5.60 Å². The predicted molar refractivity (Wildman–Crippen MR) is 145 cm³/mol. The minimum Gasteiger partial charge on any atom is -0.457 e. The Labute approximate surface area is 216 Å². The number of aromatic nitrogens is 3. The second-order valence-corrected chi connectivity index (χ2v) is 10.1. The van der Waals surface area contributed by atoms with Crippen LogP contribution in [0.15, 0.2) is 67.5 Å². The van der Waals surface area contributed by atoms with Crippen molar-refractivity contribution in [2.45, 2.75) is 38.8 Å². The molecular formula is C29H31N5O3. The molecule has 1 amide bonds. The van der Waals surface area contributed by atoms with Crippen LogP contribution in [-0.4, -0.2) is 44.2 Å². The Morgan fingerprint density at radius 1 is 1.08 bits per heavy atom. The van der Waals surface area contributed by atoms with Crippen LogP contribution in [0.4, 0.5) is 10.6 Å². The highest BCUT2D eigenvalue weighted by Crippen LogP contribution is 2.41. The van der Waals surface area contributed by atoms with Crippen molar-refractivity contribution in [3.8, 4) is 22.6 Å². The molecule has 1 aliphatic heterocycles. The molecule has 2 aromatic heterocycles. The molecule has 0 radical (unpaired) electrons. The lowest BCUT2D eigenvalue weighted by Crippen LogP contribution is -2.35. The lowest BCUT2D eigenvalue weighted by atomic mass is 10.0. The number of fused-ring (bicyclic) bond motifs is 1. The van der Waals surface area contributed by atoms with E-state index in [1.807, 2.05) is 81.4 Å². The molecule has 1 saturated heterocycles. The van der Waals surface area contributed by atoms with Gasteiger partial charge in [0.15, 0.2) is 0 Å². The van der Waals surface area contributed by atoms with Crippen LogP contribution in [-0.2, 0) is 4.74 Å². The van der Waals surface area contributed by atoms with E-state index in [0.717, 1.165) is 45.8 Å². The Balaban J connectivity index is 1.52. The highest BCUT2D eigenvalue weighted by Gasteiger charge is 2.34. The van der Waals surface area contributed by atoms with Gasteiger partial charge in [-0.2, -0.15) is 0 Å². The van der Waals surface area contributed by atoms with Crippen LogP contribution in [0, 0.1) is 0 Å². The first kappa shape index (κ1) is 24.4. The van der Waals surface area contributed by atoms with Crippen LogP contribution in [0.5, 0.6) is 11.5 Å². The van der Waals surface area contributed by atoms with E-state index in [2.05, 4.69) is 21.1 Å². The average Bonchev–Trinajstić information content (AvgIpc) is 3.47. The van der Waals surface area contributed by atoms with E-state index in [1.165, 1.54) is 6.33 Å². The summed E-state index contributed by atoms with van der Waals surface area (Å²) < 4.78 is 13.7. The third-order valence-corrected chi connectivity index (χ3v) is 6.35. The molecule has 8 nitrogen and oxygen atoms in total. The van der Waals surface area contributed by atoms with Gasteiger partial charge in [-0.1, -0.05) is 36.9 Å². The van der Waals surface area contributed by atoms with E-state index in [1.54, 1.807) is 4.90 Å². The topological polar surface area (TPSA) is 95.5 Å². The van der Waals surface area contributed by atoms with Crippen molar-refractivity contribution in [3.63, 3.8) is 0 Å². The fourth-order valence-electron chi connectivity index (χ4n) is 4.80. The summed E-state index contributed by atoms with van der Waals surface area (Å²) in [5, 5.41) is 0.768. The number of benzene rings is 2. The fraction of sp³-hybridized carbons (Fsp3) is 0.276. The third kappa shape index (κ3) is 4.87. The molecule has 37 heavy (non-hydrogen) atoms. The number of anilines is 1. The second kappa shape index (κ2) is 9.61. The molecule has 1 atom stereocenters. The van der Waals surface area contributed by atoms with Gasteiger partial charge in [-0.3, -0.25) is 0 Å². The molecule has 0 spiro atoms. The fourth-order valence-corrected chi connectivity index (χ4v) is 4.80. The maximum absolute atomic E-state index is 12.7. The van der Waals surface area contributed by atoms with Gasteiger partial charge in [0.25, 0.3) is 0 Å². The summed E-state index contributed by atoms with van der Waals surface area (Å²) in [7, 11) is 0. The quantitative estimate of drug-likeness (QED) is 0.348. The number of nitrogen functional groups attached to an aromatic ring is 1. The molecule has 1 aliphatic rings. The molecule has 2 aromatic carbocycles. The van der Waals surface area contributed by atoms with Gasteiger partial charge < -0.3 is 24.7 Å². The van der Waals surface area contributed by atoms with Gasteiger partial charge in [-0.05, 0) is 63.1 Å². The molecule has 190 valence electrons. The highest BCUT2D eigenvalue weighted by molar-refractivity contribution is 6.04. The van der Waals surface area contributed by atoms with E-state index in [0.29, 0.717) is 18.9 Å². The summed E-state index contributed by atoms with van der Waals surface area (Å²) in [5.74, 6) is 1.90. The lowest BCUT2D eigenvalue weighted by Gasteiger charge is -2.24. The number of rotatable bonds is 5. The van der Waals surface area contributed by atoms with Crippen LogP contribution in [0.1, 0.15) is 38.9 Å². The zero-order chi connectivity index (χ0) is 26.2.